The van der Waals surface area contributed by atoms with Gasteiger partial charge in [0.15, 0.2) is 0 Å². The molecule has 100 valence electrons. The summed E-state index contributed by atoms with van der Waals surface area (Å²) in [6, 6.07) is 15.6. The zero-order chi connectivity index (χ0) is 13.9. The van der Waals surface area contributed by atoms with Crippen molar-refractivity contribution in [3.8, 4) is 17.6 Å². The fourth-order valence-corrected chi connectivity index (χ4v) is 2.41. The summed E-state index contributed by atoms with van der Waals surface area (Å²) in [5.41, 5.74) is 3.02. The summed E-state index contributed by atoms with van der Waals surface area (Å²) in [5, 5.41) is 9.02. The van der Waals surface area contributed by atoms with Crippen LogP contribution in [0.2, 0.25) is 0 Å². The van der Waals surface area contributed by atoms with Crippen LogP contribution < -0.4 is 9.47 Å². The molecule has 0 N–H and O–H groups in total. The minimum atomic E-state index is 0.0125. The van der Waals surface area contributed by atoms with Crippen molar-refractivity contribution in [1.29, 1.82) is 5.26 Å². The molecule has 1 aliphatic heterocycles. The van der Waals surface area contributed by atoms with Gasteiger partial charge in [-0.05, 0) is 30.7 Å². The number of rotatable bonds is 3. The minimum Gasteiger partial charge on any atom is -0.488 e. The fraction of sp³-hybridized carbons (Fsp3) is 0.235. The van der Waals surface area contributed by atoms with Crippen molar-refractivity contribution in [2.24, 2.45) is 0 Å². The van der Waals surface area contributed by atoms with E-state index in [1.165, 1.54) is 11.1 Å². The van der Waals surface area contributed by atoms with Gasteiger partial charge in [0.05, 0.1) is 5.56 Å². The zero-order valence-corrected chi connectivity index (χ0v) is 11.3. The number of nitrogens with zero attached hydrogens (tertiary/aromatic N) is 1. The lowest BCUT2D eigenvalue weighted by Gasteiger charge is -2.13. The van der Waals surface area contributed by atoms with E-state index in [1.54, 1.807) is 6.07 Å². The summed E-state index contributed by atoms with van der Waals surface area (Å²) in [6.45, 7) is 2.53. The number of hydrogen-bond acceptors (Lipinski definition) is 3. The zero-order valence-electron chi connectivity index (χ0n) is 11.3. The second-order valence-electron chi connectivity index (χ2n) is 4.97. The molecular formula is C17H15NO2. The Hall–Kier alpha value is -2.47. The standard InChI is InChI=1S/C17H15NO2/c1-12-6-7-17-14(8-12)9-15(20-17)11-19-16-5-3-2-4-13(16)10-18/h2-8,15H,9,11H2,1H3. The Labute approximate surface area is 118 Å². The molecule has 0 aliphatic carbocycles. The molecule has 0 aromatic heterocycles. The summed E-state index contributed by atoms with van der Waals surface area (Å²) >= 11 is 0. The lowest BCUT2D eigenvalue weighted by atomic mass is 10.1. The number of ether oxygens (including phenoxy) is 2. The average molecular weight is 265 g/mol. The smallest absolute Gasteiger partial charge is 0.137 e. The molecule has 2 aromatic rings. The Balaban J connectivity index is 1.66. The topological polar surface area (TPSA) is 42.2 Å². The van der Waals surface area contributed by atoms with Gasteiger partial charge in [0, 0.05) is 6.42 Å². The summed E-state index contributed by atoms with van der Waals surface area (Å²) in [4.78, 5) is 0. The lowest BCUT2D eigenvalue weighted by molar-refractivity contribution is 0.148. The molecule has 0 saturated heterocycles. The highest BCUT2D eigenvalue weighted by Gasteiger charge is 2.23. The number of para-hydroxylation sites is 1. The number of aryl methyl sites for hydroxylation is 1. The van der Waals surface area contributed by atoms with Crippen molar-refractivity contribution in [3.05, 3.63) is 59.2 Å². The van der Waals surface area contributed by atoms with Gasteiger partial charge >= 0.3 is 0 Å². The van der Waals surface area contributed by atoms with Gasteiger partial charge in [0.2, 0.25) is 0 Å². The first kappa shape index (κ1) is 12.6. The molecule has 0 spiro atoms. The van der Waals surface area contributed by atoms with E-state index in [-0.39, 0.29) is 6.10 Å². The first-order valence-electron chi connectivity index (χ1n) is 6.64. The third-order valence-electron chi connectivity index (χ3n) is 3.39. The molecule has 0 bridgehead atoms. The van der Waals surface area contributed by atoms with Crippen LogP contribution in [-0.2, 0) is 6.42 Å². The van der Waals surface area contributed by atoms with Crippen LogP contribution in [0.5, 0.6) is 11.5 Å². The van der Waals surface area contributed by atoms with Crippen LogP contribution in [-0.4, -0.2) is 12.7 Å². The molecule has 1 unspecified atom stereocenters. The second kappa shape index (κ2) is 5.26. The van der Waals surface area contributed by atoms with Crippen LogP contribution in [0.25, 0.3) is 0 Å². The molecule has 3 rings (SSSR count). The minimum absolute atomic E-state index is 0.0125. The molecular weight excluding hydrogens is 250 g/mol. The maximum atomic E-state index is 9.02. The van der Waals surface area contributed by atoms with Crippen LogP contribution >= 0.6 is 0 Å². The van der Waals surface area contributed by atoms with Gasteiger partial charge in [-0.1, -0.05) is 29.8 Å². The largest absolute Gasteiger partial charge is 0.488 e. The monoisotopic (exact) mass is 265 g/mol. The van der Waals surface area contributed by atoms with E-state index in [1.807, 2.05) is 30.3 Å². The third kappa shape index (κ3) is 2.46. The molecule has 0 saturated carbocycles. The summed E-state index contributed by atoms with van der Waals surface area (Å²) in [7, 11) is 0. The van der Waals surface area contributed by atoms with Crippen LogP contribution in [0, 0.1) is 18.3 Å². The number of fused-ring (bicyclic) bond motifs is 1. The maximum Gasteiger partial charge on any atom is 0.137 e. The van der Waals surface area contributed by atoms with Crippen molar-refractivity contribution < 1.29 is 9.47 Å². The van der Waals surface area contributed by atoms with Gasteiger partial charge in [-0.3, -0.25) is 0 Å². The van der Waals surface area contributed by atoms with E-state index in [9.17, 15) is 0 Å². The molecule has 2 aromatic carbocycles. The predicted molar refractivity (Wildman–Crippen MR) is 76.0 cm³/mol. The van der Waals surface area contributed by atoms with Crippen molar-refractivity contribution >= 4 is 0 Å². The molecule has 0 radical (unpaired) electrons. The SMILES string of the molecule is Cc1ccc2c(c1)CC(COc1ccccc1C#N)O2. The van der Waals surface area contributed by atoms with Gasteiger partial charge < -0.3 is 9.47 Å². The average Bonchev–Trinajstić information content (AvgIpc) is 2.87. The summed E-state index contributed by atoms with van der Waals surface area (Å²) in [5.74, 6) is 1.56. The van der Waals surface area contributed by atoms with E-state index in [2.05, 4.69) is 19.1 Å². The summed E-state index contributed by atoms with van der Waals surface area (Å²) < 4.78 is 11.6. The van der Waals surface area contributed by atoms with Crippen molar-refractivity contribution in [2.45, 2.75) is 19.4 Å². The molecule has 3 heteroatoms. The molecule has 1 heterocycles. The van der Waals surface area contributed by atoms with E-state index in [0.29, 0.717) is 17.9 Å². The van der Waals surface area contributed by atoms with E-state index in [4.69, 9.17) is 14.7 Å². The second-order valence-corrected chi connectivity index (χ2v) is 4.97. The molecule has 3 nitrogen and oxygen atoms in total. The highest BCUT2D eigenvalue weighted by Crippen LogP contribution is 2.30. The highest BCUT2D eigenvalue weighted by molar-refractivity contribution is 5.43. The summed E-state index contributed by atoms with van der Waals surface area (Å²) in [6.07, 6.45) is 0.865. The normalized spacial score (nSPS) is 16.1. The van der Waals surface area contributed by atoms with Gasteiger partial charge in [0.25, 0.3) is 0 Å². The van der Waals surface area contributed by atoms with Crippen molar-refractivity contribution in [2.75, 3.05) is 6.61 Å². The Bertz CT molecular complexity index is 673. The van der Waals surface area contributed by atoms with E-state index >= 15 is 0 Å². The number of benzene rings is 2. The predicted octanol–water partition coefficient (Wildman–Crippen LogP) is 3.25. The third-order valence-corrected chi connectivity index (χ3v) is 3.39. The lowest BCUT2D eigenvalue weighted by Crippen LogP contribution is -2.22. The maximum absolute atomic E-state index is 9.02. The fourth-order valence-electron chi connectivity index (χ4n) is 2.41. The van der Waals surface area contributed by atoms with E-state index < -0.39 is 0 Å². The molecule has 1 aliphatic rings. The van der Waals surface area contributed by atoms with Crippen LogP contribution in [0.15, 0.2) is 42.5 Å². The number of hydrogen-bond donors (Lipinski definition) is 0. The highest BCUT2D eigenvalue weighted by atomic mass is 16.5. The Morgan fingerprint density at radius 2 is 2.15 bits per heavy atom. The first-order valence-corrected chi connectivity index (χ1v) is 6.64. The Morgan fingerprint density at radius 1 is 1.30 bits per heavy atom. The van der Waals surface area contributed by atoms with Crippen LogP contribution in [0.1, 0.15) is 16.7 Å². The molecule has 0 amide bonds. The molecule has 0 fully saturated rings. The van der Waals surface area contributed by atoms with Gasteiger partial charge in [0.1, 0.15) is 30.3 Å². The molecule has 1 atom stereocenters. The molecule has 20 heavy (non-hydrogen) atoms. The van der Waals surface area contributed by atoms with Gasteiger partial charge in [-0.2, -0.15) is 5.26 Å². The Morgan fingerprint density at radius 3 is 3.00 bits per heavy atom. The van der Waals surface area contributed by atoms with Crippen molar-refractivity contribution in [1.82, 2.24) is 0 Å². The van der Waals surface area contributed by atoms with Crippen LogP contribution in [0.4, 0.5) is 0 Å². The number of nitriles is 1. The van der Waals surface area contributed by atoms with Crippen LogP contribution in [0.3, 0.4) is 0 Å². The quantitative estimate of drug-likeness (QED) is 0.855. The first-order chi connectivity index (χ1) is 9.76. The Kier molecular flexibility index (Phi) is 3.30. The van der Waals surface area contributed by atoms with Gasteiger partial charge in [-0.25, -0.2) is 0 Å². The van der Waals surface area contributed by atoms with Crippen molar-refractivity contribution in [3.63, 3.8) is 0 Å². The van der Waals surface area contributed by atoms with E-state index in [0.717, 1.165) is 12.2 Å². The van der Waals surface area contributed by atoms with Gasteiger partial charge in [-0.15, -0.1) is 0 Å².